The number of hydrogen-bond acceptors (Lipinski definition) is 3. The van der Waals surface area contributed by atoms with E-state index in [-0.39, 0.29) is 11.2 Å². The van der Waals surface area contributed by atoms with Gasteiger partial charge in [-0.3, -0.25) is 4.98 Å². The Hall–Kier alpha value is -6.78. The zero-order valence-corrected chi connectivity index (χ0v) is 30.5. The summed E-state index contributed by atoms with van der Waals surface area (Å²) < 4.78 is 2.39. The second kappa shape index (κ2) is 13.3. The van der Waals surface area contributed by atoms with E-state index in [1.54, 1.807) is 6.07 Å². The van der Waals surface area contributed by atoms with Gasteiger partial charge in [-0.25, -0.2) is 4.98 Å². The fraction of sp³-hybridized carbons (Fsp3) is 0.0800. The minimum absolute atomic E-state index is 0.00491. The summed E-state index contributed by atoms with van der Waals surface area (Å²) in [5, 5.41) is 13.5. The lowest BCUT2D eigenvalue weighted by Crippen LogP contribution is -2.11. The Morgan fingerprint density at radius 3 is 1.91 bits per heavy atom. The molecule has 260 valence electrons. The van der Waals surface area contributed by atoms with E-state index in [0.29, 0.717) is 11.3 Å². The Balaban J connectivity index is 1.27. The summed E-state index contributed by atoms with van der Waals surface area (Å²) in [5.74, 6) is 0.190. The van der Waals surface area contributed by atoms with Crippen molar-refractivity contribution in [1.82, 2.24) is 14.5 Å². The van der Waals surface area contributed by atoms with Gasteiger partial charge in [-0.1, -0.05) is 130 Å². The number of pyridine rings is 2. The Labute approximate surface area is 315 Å². The normalized spacial score (nSPS) is 11.7. The van der Waals surface area contributed by atoms with Crippen LogP contribution in [0.1, 0.15) is 26.3 Å². The van der Waals surface area contributed by atoms with Crippen molar-refractivity contribution in [3.63, 3.8) is 0 Å². The van der Waals surface area contributed by atoms with Crippen LogP contribution in [0.4, 0.5) is 0 Å². The van der Waals surface area contributed by atoms with Gasteiger partial charge in [0.15, 0.2) is 0 Å². The maximum absolute atomic E-state index is 11.1. The second-order valence-corrected chi connectivity index (χ2v) is 14.8. The zero-order valence-electron chi connectivity index (χ0n) is 30.5. The molecule has 0 unspecified atom stereocenters. The number of phenols is 1. The van der Waals surface area contributed by atoms with Crippen molar-refractivity contribution in [2.45, 2.75) is 26.2 Å². The fourth-order valence-electron chi connectivity index (χ4n) is 7.61. The van der Waals surface area contributed by atoms with Crippen LogP contribution in [0.25, 0.3) is 83.5 Å². The summed E-state index contributed by atoms with van der Waals surface area (Å²) in [7, 11) is 0. The van der Waals surface area contributed by atoms with Crippen LogP contribution in [0.3, 0.4) is 0 Å². The molecule has 0 aliphatic rings. The first-order valence-electron chi connectivity index (χ1n) is 18.4. The van der Waals surface area contributed by atoms with E-state index in [4.69, 9.17) is 9.97 Å². The lowest BCUT2D eigenvalue weighted by molar-refractivity contribution is 0.477. The number of hydrogen-bond donors (Lipinski definition) is 1. The summed E-state index contributed by atoms with van der Waals surface area (Å²) in [6.07, 6.45) is 1.90. The molecule has 0 aliphatic heterocycles. The highest BCUT2D eigenvalue weighted by Crippen LogP contribution is 2.43. The minimum atomic E-state index is 0.00491. The molecule has 3 heterocycles. The third kappa shape index (κ3) is 5.92. The minimum Gasteiger partial charge on any atom is -0.507 e. The largest absolute Gasteiger partial charge is 0.507 e. The van der Waals surface area contributed by atoms with Gasteiger partial charge >= 0.3 is 0 Å². The summed E-state index contributed by atoms with van der Waals surface area (Å²) in [5.41, 5.74) is 14.1. The van der Waals surface area contributed by atoms with Crippen molar-refractivity contribution >= 4 is 21.8 Å². The topological polar surface area (TPSA) is 50.9 Å². The molecule has 0 aliphatic carbocycles. The number of fused-ring (bicyclic) bond motifs is 3. The number of nitrogens with zero attached hydrogens (tertiary/aromatic N) is 3. The van der Waals surface area contributed by atoms with Crippen LogP contribution in [0.2, 0.25) is 0 Å². The van der Waals surface area contributed by atoms with Crippen molar-refractivity contribution in [2.24, 2.45) is 0 Å². The maximum atomic E-state index is 11.1. The number of para-hydroxylation sites is 4. The summed E-state index contributed by atoms with van der Waals surface area (Å²) in [6, 6.07) is 58.9. The van der Waals surface area contributed by atoms with Crippen LogP contribution in [-0.2, 0) is 5.41 Å². The van der Waals surface area contributed by atoms with Crippen LogP contribution in [0.15, 0.2) is 176 Å². The van der Waals surface area contributed by atoms with E-state index in [1.807, 2.05) is 24.4 Å². The molecule has 0 bridgehead atoms. The van der Waals surface area contributed by atoms with E-state index in [0.717, 1.165) is 56.0 Å². The van der Waals surface area contributed by atoms with Crippen LogP contribution >= 0.6 is 0 Å². The molecule has 0 spiro atoms. The molecule has 9 rings (SSSR count). The van der Waals surface area contributed by atoms with Crippen LogP contribution in [0.5, 0.6) is 5.75 Å². The summed E-state index contributed by atoms with van der Waals surface area (Å²) >= 11 is 0. The van der Waals surface area contributed by atoms with Gasteiger partial charge in [0, 0.05) is 44.9 Å². The SMILES string of the molecule is CC(C)(C)c1ccnc(-c2cccc(-c3cc(-c4ccccc4-c4cccc5c6ccccc6n(-c6ccccc6)c45)cc(-c4ccccc4O)n3)c2)c1. The average Bonchev–Trinajstić information content (AvgIpc) is 3.56. The highest BCUT2D eigenvalue weighted by atomic mass is 16.3. The second-order valence-electron chi connectivity index (χ2n) is 14.8. The molecule has 4 nitrogen and oxygen atoms in total. The first-order chi connectivity index (χ1) is 26.3. The number of aromatic hydroxyl groups is 1. The molecule has 0 saturated carbocycles. The molecule has 0 atom stereocenters. The molecule has 54 heavy (non-hydrogen) atoms. The molecular formula is C50H39N3O. The van der Waals surface area contributed by atoms with Gasteiger partial charge in [0.05, 0.1) is 28.1 Å². The molecule has 0 amide bonds. The quantitative estimate of drug-likeness (QED) is 0.188. The standard InChI is InChI=1S/C50H39N3O/c1-50(2,3)36-27-28-51-44(32-36)33-15-13-16-34(29-33)45-30-35(31-46(52-45)43-22-10-12-26-48(43)54)38-19-7-8-20-39(38)41-23-14-24-42-40-21-9-11-25-47(40)53(49(41)42)37-17-5-4-6-18-37/h4-32,54H,1-3H3. The molecule has 0 saturated heterocycles. The lowest BCUT2D eigenvalue weighted by Gasteiger charge is -2.19. The van der Waals surface area contributed by atoms with E-state index in [9.17, 15) is 5.11 Å². The third-order valence-electron chi connectivity index (χ3n) is 10.3. The third-order valence-corrected chi connectivity index (χ3v) is 10.3. The number of rotatable bonds is 6. The predicted molar refractivity (Wildman–Crippen MR) is 224 cm³/mol. The monoisotopic (exact) mass is 697 g/mol. The Morgan fingerprint density at radius 2 is 1.11 bits per heavy atom. The Kier molecular flexibility index (Phi) is 8.16. The smallest absolute Gasteiger partial charge is 0.124 e. The molecule has 6 aromatic carbocycles. The van der Waals surface area contributed by atoms with Gasteiger partial charge in [0.1, 0.15) is 5.75 Å². The molecule has 0 fully saturated rings. The molecule has 3 aromatic heterocycles. The van der Waals surface area contributed by atoms with Crippen LogP contribution in [0, 0.1) is 0 Å². The van der Waals surface area contributed by atoms with Crippen molar-refractivity contribution in [3.8, 4) is 67.5 Å². The van der Waals surface area contributed by atoms with Gasteiger partial charge in [-0.2, -0.15) is 0 Å². The van der Waals surface area contributed by atoms with Crippen LogP contribution in [-0.4, -0.2) is 19.6 Å². The first-order valence-corrected chi connectivity index (χ1v) is 18.4. The average molecular weight is 698 g/mol. The van der Waals surface area contributed by atoms with Gasteiger partial charge in [-0.05, 0) is 88.3 Å². The van der Waals surface area contributed by atoms with Crippen molar-refractivity contribution in [1.29, 1.82) is 0 Å². The fourth-order valence-corrected chi connectivity index (χ4v) is 7.61. The molecular weight excluding hydrogens is 659 g/mol. The lowest BCUT2D eigenvalue weighted by atomic mass is 9.87. The summed E-state index contributed by atoms with van der Waals surface area (Å²) in [6.45, 7) is 6.66. The van der Waals surface area contributed by atoms with E-state index in [1.165, 1.54) is 21.9 Å². The Bertz CT molecular complexity index is 2830. The first kappa shape index (κ1) is 33.1. The van der Waals surface area contributed by atoms with Crippen molar-refractivity contribution < 1.29 is 5.11 Å². The molecule has 4 heteroatoms. The van der Waals surface area contributed by atoms with Gasteiger partial charge < -0.3 is 9.67 Å². The Morgan fingerprint density at radius 1 is 0.481 bits per heavy atom. The number of benzene rings is 6. The summed E-state index contributed by atoms with van der Waals surface area (Å²) in [4.78, 5) is 9.96. The van der Waals surface area contributed by atoms with Crippen molar-refractivity contribution in [3.05, 3.63) is 182 Å². The molecule has 9 aromatic rings. The predicted octanol–water partition coefficient (Wildman–Crippen LogP) is 12.9. The van der Waals surface area contributed by atoms with Crippen LogP contribution < -0.4 is 0 Å². The van der Waals surface area contributed by atoms with E-state index >= 15 is 0 Å². The van der Waals surface area contributed by atoms with Gasteiger partial charge in [0.25, 0.3) is 0 Å². The van der Waals surface area contributed by atoms with E-state index < -0.39 is 0 Å². The van der Waals surface area contributed by atoms with Crippen molar-refractivity contribution in [2.75, 3.05) is 0 Å². The molecule has 0 radical (unpaired) electrons. The highest BCUT2D eigenvalue weighted by Gasteiger charge is 2.20. The number of phenolic OH excluding ortho intramolecular Hbond substituents is 1. The van der Waals surface area contributed by atoms with Gasteiger partial charge in [-0.15, -0.1) is 0 Å². The van der Waals surface area contributed by atoms with Gasteiger partial charge in [0.2, 0.25) is 0 Å². The highest BCUT2D eigenvalue weighted by molar-refractivity contribution is 6.14. The zero-order chi connectivity index (χ0) is 36.8. The van der Waals surface area contributed by atoms with E-state index in [2.05, 4.69) is 171 Å². The molecule has 1 N–H and O–H groups in total. The number of aromatic nitrogens is 3. The maximum Gasteiger partial charge on any atom is 0.124 e.